The van der Waals surface area contributed by atoms with Crippen LogP contribution in [0.15, 0.2) is 22.7 Å². The monoisotopic (exact) mass is 466 g/mol. The van der Waals surface area contributed by atoms with Gasteiger partial charge in [-0.2, -0.15) is 0 Å². The SMILES string of the molecule is COc1cc(Br)c(C(=O)[C@H]2O[C@H]2c2cc3c(c(OC)c2OC)OCO3)cc1OC. The fraction of sp³-hybridized carbons (Fsp3) is 0.350. The molecule has 0 unspecified atom stereocenters. The van der Waals surface area contributed by atoms with Crippen LogP contribution in [-0.2, 0) is 4.74 Å². The van der Waals surface area contributed by atoms with Gasteiger partial charge in [0.2, 0.25) is 18.3 Å². The summed E-state index contributed by atoms with van der Waals surface area (Å²) >= 11 is 3.42. The standard InChI is InChI=1S/C20H19BrO8/c1-23-12-5-9(11(21)7-13(12)24-2)15(22)19-17(29-19)10-6-14-18(28-8-27-14)20(26-4)16(10)25-3/h5-7,17,19H,8H2,1-4H3/t17-,19+/m0/s1. The Labute approximate surface area is 175 Å². The average Bonchev–Trinajstić information content (AvgIpc) is 3.40. The first-order chi connectivity index (χ1) is 14.0. The topological polar surface area (TPSA) is 85.0 Å². The first kappa shape index (κ1) is 19.7. The summed E-state index contributed by atoms with van der Waals surface area (Å²) < 4.78 is 38.8. The second kappa shape index (κ2) is 7.64. The molecule has 0 radical (unpaired) electrons. The quantitative estimate of drug-likeness (QED) is 0.452. The van der Waals surface area contributed by atoms with E-state index in [1.54, 1.807) is 18.2 Å². The van der Waals surface area contributed by atoms with Crippen LogP contribution >= 0.6 is 15.9 Å². The van der Waals surface area contributed by atoms with Gasteiger partial charge in [-0.3, -0.25) is 4.79 Å². The molecule has 0 bridgehead atoms. The highest BCUT2D eigenvalue weighted by atomic mass is 79.9. The minimum atomic E-state index is -0.677. The molecule has 0 aromatic heterocycles. The van der Waals surface area contributed by atoms with Gasteiger partial charge in [-0.1, -0.05) is 0 Å². The van der Waals surface area contributed by atoms with Crippen LogP contribution in [0.25, 0.3) is 0 Å². The fourth-order valence-electron chi connectivity index (χ4n) is 3.37. The molecule has 2 aromatic rings. The highest BCUT2D eigenvalue weighted by Crippen LogP contribution is 2.55. The van der Waals surface area contributed by atoms with Crippen LogP contribution in [-0.4, -0.2) is 47.1 Å². The second-order valence-electron chi connectivity index (χ2n) is 6.29. The van der Waals surface area contributed by atoms with E-state index < -0.39 is 12.2 Å². The number of carbonyl (C=O) groups is 1. The molecule has 1 fully saturated rings. The molecule has 2 atom stereocenters. The third kappa shape index (κ3) is 3.24. The van der Waals surface area contributed by atoms with Gasteiger partial charge >= 0.3 is 0 Å². The van der Waals surface area contributed by atoms with Gasteiger partial charge < -0.3 is 33.2 Å². The number of ether oxygens (including phenoxy) is 7. The Hall–Kier alpha value is -2.65. The third-order valence-corrected chi connectivity index (χ3v) is 5.46. The summed E-state index contributed by atoms with van der Waals surface area (Å²) in [4.78, 5) is 13.1. The van der Waals surface area contributed by atoms with E-state index in [4.69, 9.17) is 33.2 Å². The molecule has 2 aliphatic rings. The molecule has 154 valence electrons. The summed E-state index contributed by atoms with van der Waals surface area (Å²) in [5.74, 6) is 2.63. The highest BCUT2D eigenvalue weighted by Gasteiger charge is 2.49. The maximum atomic E-state index is 13.1. The lowest BCUT2D eigenvalue weighted by Crippen LogP contribution is -2.10. The molecule has 1 saturated heterocycles. The Balaban J connectivity index is 1.67. The number of Topliss-reactive ketones (excluding diaryl/α,β-unsaturated/α-hetero) is 1. The first-order valence-corrected chi connectivity index (χ1v) is 9.49. The molecule has 29 heavy (non-hydrogen) atoms. The summed E-state index contributed by atoms with van der Waals surface area (Å²) in [6, 6.07) is 5.07. The summed E-state index contributed by atoms with van der Waals surface area (Å²) in [6.45, 7) is 0.0881. The third-order valence-electron chi connectivity index (χ3n) is 4.81. The van der Waals surface area contributed by atoms with E-state index in [2.05, 4.69) is 15.9 Å². The van der Waals surface area contributed by atoms with Crippen molar-refractivity contribution in [3.05, 3.63) is 33.8 Å². The zero-order valence-electron chi connectivity index (χ0n) is 16.2. The van der Waals surface area contributed by atoms with E-state index in [-0.39, 0.29) is 12.6 Å². The number of ketones is 1. The van der Waals surface area contributed by atoms with Gasteiger partial charge in [-0.25, -0.2) is 0 Å². The molecule has 0 spiro atoms. The van der Waals surface area contributed by atoms with E-state index >= 15 is 0 Å². The minimum absolute atomic E-state index is 0.0881. The van der Waals surface area contributed by atoms with Crippen LogP contribution in [0.1, 0.15) is 22.0 Å². The van der Waals surface area contributed by atoms with Gasteiger partial charge in [0.15, 0.2) is 34.9 Å². The van der Waals surface area contributed by atoms with Crippen molar-refractivity contribution in [3.8, 4) is 34.5 Å². The van der Waals surface area contributed by atoms with Gasteiger partial charge in [-0.05, 0) is 34.1 Å². The maximum absolute atomic E-state index is 13.1. The van der Waals surface area contributed by atoms with Crippen molar-refractivity contribution in [1.29, 1.82) is 0 Å². The van der Waals surface area contributed by atoms with Gasteiger partial charge in [0.25, 0.3) is 0 Å². The Morgan fingerprint density at radius 2 is 1.66 bits per heavy atom. The molecule has 0 aliphatic carbocycles. The zero-order chi connectivity index (χ0) is 20.7. The summed E-state index contributed by atoms with van der Waals surface area (Å²) in [5.41, 5.74) is 1.09. The normalized spacial score (nSPS) is 18.9. The van der Waals surface area contributed by atoms with Gasteiger partial charge in [0.1, 0.15) is 6.10 Å². The minimum Gasteiger partial charge on any atom is -0.493 e. The van der Waals surface area contributed by atoms with Crippen molar-refractivity contribution in [3.63, 3.8) is 0 Å². The van der Waals surface area contributed by atoms with Crippen LogP contribution in [0.3, 0.4) is 0 Å². The largest absolute Gasteiger partial charge is 0.493 e. The smallest absolute Gasteiger partial charge is 0.231 e. The number of epoxide rings is 1. The Bertz CT molecular complexity index is 974. The van der Waals surface area contributed by atoms with Crippen molar-refractivity contribution >= 4 is 21.7 Å². The lowest BCUT2D eigenvalue weighted by atomic mass is 10.0. The molecule has 8 nitrogen and oxygen atoms in total. The molecular weight excluding hydrogens is 448 g/mol. The molecule has 0 amide bonds. The van der Waals surface area contributed by atoms with Gasteiger partial charge in [0.05, 0.1) is 28.4 Å². The lowest BCUT2D eigenvalue weighted by molar-refractivity contribution is 0.0952. The van der Waals surface area contributed by atoms with Gasteiger partial charge in [-0.15, -0.1) is 0 Å². The van der Waals surface area contributed by atoms with Crippen LogP contribution in [0.5, 0.6) is 34.5 Å². The number of benzene rings is 2. The number of halogens is 1. The second-order valence-corrected chi connectivity index (χ2v) is 7.15. The fourth-order valence-corrected chi connectivity index (χ4v) is 3.88. The predicted octanol–water partition coefficient (Wildman–Crippen LogP) is 3.54. The Morgan fingerprint density at radius 3 is 2.31 bits per heavy atom. The Morgan fingerprint density at radius 1 is 0.966 bits per heavy atom. The molecule has 0 N–H and O–H groups in total. The van der Waals surface area contributed by atoms with Gasteiger partial charge in [0, 0.05) is 15.6 Å². The van der Waals surface area contributed by atoms with Crippen LogP contribution < -0.4 is 28.4 Å². The van der Waals surface area contributed by atoms with Crippen LogP contribution in [0.2, 0.25) is 0 Å². The van der Waals surface area contributed by atoms with Crippen molar-refractivity contribution in [1.82, 2.24) is 0 Å². The van der Waals surface area contributed by atoms with E-state index in [1.807, 2.05) is 0 Å². The van der Waals surface area contributed by atoms with E-state index in [0.717, 1.165) is 0 Å². The number of rotatable bonds is 7. The molecule has 4 rings (SSSR count). The maximum Gasteiger partial charge on any atom is 0.231 e. The summed E-state index contributed by atoms with van der Waals surface area (Å²) in [5, 5.41) is 0. The molecule has 2 aliphatic heterocycles. The molecule has 0 saturated carbocycles. The first-order valence-electron chi connectivity index (χ1n) is 8.69. The van der Waals surface area contributed by atoms with Crippen molar-refractivity contribution in [2.24, 2.45) is 0 Å². The van der Waals surface area contributed by atoms with Crippen molar-refractivity contribution < 1.29 is 38.0 Å². The lowest BCUT2D eigenvalue weighted by Gasteiger charge is -2.14. The molecular formula is C20H19BrO8. The van der Waals surface area contributed by atoms with Crippen LogP contribution in [0, 0.1) is 0 Å². The number of methoxy groups -OCH3 is 4. The number of hydrogen-bond acceptors (Lipinski definition) is 8. The van der Waals surface area contributed by atoms with E-state index in [1.165, 1.54) is 28.4 Å². The zero-order valence-corrected chi connectivity index (χ0v) is 17.8. The van der Waals surface area contributed by atoms with E-state index in [9.17, 15) is 4.79 Å². The number of fused-ring (bicyclic) bond motifs is 1. The summed E-state index contributed by atoms with van der Waals surface area (Å²) in [6.07, 6.45) is -1.18. The predicted molar refractivity (Wildman–Crippen MR) is 105 cm³/mol. The molecule has 9 heteroatoms. The van der Waals surface area contributed by atoms with Crippen molar-refractivity contribution in [2.75, 3.05) is 35.2 Å². The molecule has 2 aromatic carbocycles. The van der Waals surface area contributed by atoms with E-state index in [0.29, 0.717) is 50.1 Å². The van der Waals surface area contributed by atoms with Crippen molar-refractivity contribution in [2.45, 2.75) is 12.2 Å². The highest BCUT2D eigenvalue weighted by molar-refractivity contribution is 9.10. The van der Waals surface area contributed by atoms with Crippen LogP contribution in [0.4, 0.5) is 0 Å². The Kier molecular flexibility index (Phi) is 5.18. The molecule has 2 heterocycles. The number of carbonyl (C=O) groups excluding carboxylic acids is 1. The average molecular weight is 467 g/mol. The number of hydrogen-bond donors (Lipinski definition) is 0. The summed E-state index contributed by atoms with van der Waals surface area (Å²) in [7, 11) is 6.08.